The van der Waals surface area contributed by atoms with Crippen molar-refractivity contribution in [2.24, 2.45) is 5.92 Å². The van der Waals surface area contributed by atoms with Gasteiger partial charge in [0.25, 0.3) is 0 Å². The SMILES string of the molecule is CCNC(C)CCC1CCCOC1. The monoisotopic (exact) mass is 185 g/mol. The van der Waals surface area contributed by atoms with Gasteiger partial charge in [-0.15, -0.1) is 0 Å². The number of hydrogen-bond donors (Lipinski definition) is 1. The summed E-state index contributed by atoms with van der Waals surface area (Å²) in [7, 11) is 0. The summed E-state index contributed by atoms with van der Waals surface area (Å²) in [5.74, 6) is 0.829. The van der Waals surface area contributed by atoms with E-state index in [1.807, 2.05) is 0 Å². The van der Waals surface area contributed by atoms with Gasteiger partial charge in [0.1, 0.15) is 0 Å². The number of hydrogen-bond acceptors (Lipinski definition) is 2. The molecule has 1 aliphatic rings. The molecule has 0 aromatic rings. The van der Waals surface area contributed by atoms with Gasteiger partial charge >= 0.3 is 0 Å². The first-order valence-corrected chi connectivity index (χ1v) is 5.64. The Hall–Kier alpha value is -0.0800. The number of rotatable bonds is 5. The van der Waals surface area contributed by atoms with Crippen molar-refractivity contribution in [3.05, 3.63) is 0 Å². The Kier molecular flexibility index (Phi) is 5.40. The van der Waals surface area contributed by atoms with E-state index in [-0.39, 0.29) is 0 Å². The molecule has 78 valence electrons. The second-order valence-corrected chi connectivity index (χ2v) is 4.12. The van der Waals surface area contributed by atoms with Gasteiger partial charge in [0.2, 0.25) is 0 Å². The predicted molar refractivity (Wildman–Crippen MR) is 55.9 cm³/mol. The fourth-order valence-corrected chi connectivity index (χ4v) is 1.97. The summed E-state index contributed by atoms with van der Waals surface area (Å²) in [6, 6.07) is 0.673. The van der Waals surface area contributed by atoms with Crippen molar-refractivity contribution < 1.29 is 4.74 Å². The van der Waals surface area contributed by atoms with Crippen molar-refractivity contribution in [2.45, 2.75) is 45.6 Å². The van der Waals surface area contributed by atoms with Crippen LogP contribution < -0.4 is 5.32 Å². The van der Waals surface area contributed by atoms with Gasteiger partial charge in [-0.2, -0.15) is 0 Å². The van der Waals surface area contributed by atoms with E-state index in [9.17, 15) is 0 Å². The first-order valence-electron chi connectivity index (χ1n) is 5.64. The minimum absolute atomic E-state index is 0.673. The van der Waals surface area contributed by atoms with Crippen LogP contribution in [0.1, 0.15) is 39.5 Å². The Morgan fingerprint density at radius 3 is 3.00 bits per heavy atom. The van der Waals surface area contributed by atoms with Crippen LogP contribution in [0.2, 0.25) is 0 Å². The van der Waals surface area contributed by atoms with Crippen LogP contribution in [0.25, 0.3) is 0 Å². The zero-order chi connectivity index (χ0) is 9.52. The van der Waals surface area contributed by atoms with Crippen LogP contribution in [0.3, 0.4) is 0 Å². The molecule has 1 aliphatic heterocycles. The lowest BCUT2D eigenvalue weighted by Gasteiger charge is -2.23. The highest BCUT2D eigenvalue weighted by molar-refractivity contribution is 4.67. The quantitative estimate of drug-likeness (QED) is 0.709. The molecule has 0 aliphatic carbocycles. The highest BCUT2D eigenvalue weighted by Gasteiger charge is 2.14. The second-order valence-electron chi connectivity index (χ2n) is 4.12. The maximum Gasteiger partial charge on any atom is 0.0494 e. The Bertz CT molecular complexity index is 121. The molecule has 0 spiro atoms. The summed E-state index contributed by atoms with van der Waals surface area (Å²) < 4.78 is 5.45. The number of nitrogens with one attached hydrogen (secondary N) is 1. The van der Waals surface area contributed by atoms with Crippen LogP contribution in [-0.4, -0.2) is 25.8 Å². The number of ether oxygens (including phenoxy) is 1. The van der Waals surface area contributed by atoms with Gasteiger partial charge in [0, 0.05) is 19.3 Å². The molecular weight excluding hydrogens is 162 g/mol. The lowest BCUT2D eigenvalue weighted by Crippen LogP contribution is -2.27. The maximum atomic E-state index is 5.45. The molecule has 2 heteroatoms. The molecule has 0 radical (unpaired) electrons. The molecule has 2 atom stereocenters. The lowest BCUT2D eigenvalue weighted by atomic mass is 9.95. The van der Waals surface area contributed by atoms with Crippen molar-refractivity contribution in [1.29, 1.82) is 0 Å². The van der Waals surface area contributed by atoms with Crippen LogP contribution >= 0.6 is 0 Å². The summed E-state index contributed by atoms with van der Waals surface area (Å²) in [5.41, 5.74) is 0. The molecule has 1 saturated heterocycles. The van der Waals surface area contributed by atoms with Gasteiger partial charge < -0.3 is 10.1 Å². The van der Waals surface area contributed by atoms with Crippen molar-refractivity contribution in [1.82, 2.24) is 5.32 Å². The van der Waals surface area contributed by atoms with E-state index in [0.717, 1.165) is 25.7 Å². The molecule has 2 nitrogen and oxygen atoms in total. The Labute approximate surface area is 82.0 Å². The largest absolute Gasteiger partial charge is 0.381 e. The van der Waals surface area contributed by atoms with E-state index < -0.39 is 0 Å². The highest BCUT2D eigenvalue weighted by Crippen LogP contribution is 2.19. The van der Waals surface area contributed by atoms with E-state index in [0.29, 0.717) is 6.04 Å². The van der Waals surface area contributed by atoms with Gasteiger partial charge in [0.15, 0.2) is 0 Å². The normalized spacial score (nSPS) is 25.8. The fourth-order valence-electron chi connectivity index (χ4n) is 1.97. The molecular formula is C11H23NO. The highest BCUT2D eigenvalue weighted by atomic mass is 16.5. The van der Waals surface area contributed by atoms with Gasteiger partial charge in [-0.1, -0.05) is 6.92 Å². The smallest absolute Gasteiger partial charge is 0.0494 e. The van der Waals surface area contributed by atoms with Crippen molar-refractivity contribution in [3.8, 4) is 0 Å². The molecule has 0 saturated carbocycles. The van der Waals surface area contributed by atoms with Gasteiger partial charge in [-0.05, 0) is 45.1 Å². The van der Waals surface area contributed by atoms with Gasteiger partial charge in [-0.25, -0.2) is 0 Å². The zero-order valence-corrected chi connectivity index (χ0v) is 9.01. The Balaban J connectivity index is 2.03. The molecule has 1 heterocycles. The van der Waals surface area contributed by atoms with Gasteiger partial charge in [0.05, 0.1) is 0 Å². The van der Waals surface area contributed by atoms with Crippen LogP contribution in [0.4, 0.5) is 0 Å². The van der Waals surface area contributed by atoms with Crippen LogP contribution in [0.5, 0.6) is 0 Å². The van der Waals surface area contributed by atoms with Crippen LogP contribution in [-0.2, 0) is 4.74 Å². The van der Waals surface area contributed by atoms with Crippen molar-refractivity contribution in [3.63, 3.8) is 0 Å². The molecule has 0 aromatic carbocycles. The minimum Gasteiger partial charge on any atom is -0.381 e. The van der Waals surface area contributed by atoms with Crippen LogP contribution in [0, 0.1) is 5.92 Å². The average molecular weight is 185 g/mol. The first kappa shape index (κ1) is 11.0. The lowest BCUT2D eigenvalue weighted by molar-refractivity contribution is 0.0501. The third kappa shape index (κ3) is 4.63. The summed E-state index contributed by atoms with van der Waals surface area (Å²) in [4.78, 5) is 0. The fraction of sp³-hybridized carbons (Fsp3) is 1.00. The van der Waals surface area contributed by atoms with E-state index in [1.165, 1.54) is 25.7 Å². The standard InChI is InChI=1S/C11H23NO/c1-3-12-10(2)6-7-11-5-4-8-13-9-11/h10-12H,3-9H2,1-2H3. The van der Waals surface area contributed by atoms with E-state index >= 15 is 0 Å². The molecule has 1 fully saturated rings. The first-order chi connectivity index (χ1) is 6.33. The third-order valence-corrected chi connectivity index (χ3v) is 2.82. The Morgan fingerprint density at radius 2 is 2.38 bits per heavy atom. The van der Waals surface area contributed by atoms with E-state index in [4.69, 9.17) is 4.74 Å². The topological polar surface area (TPSA) is 21.3 Å². The van der Waals surface area contributed by atoms with Crippen LogP contribution in [0.15, 0.2) is 0 Å². The molecule has 0 bridgehead atoms. The predicted octanol–water partition coefficient (Wildman–Crippen LogP) is 2.19. The molecule has 1 rings (SSSR count). The van der Waals surface area contributed by atoms with E-state index in [2.05, 4.69) is 19.2 Å². The van der Waals surface area contributed by atoms with Crippen molar-refractivity contribution in [2.75, 3.05) is 19.8 Å². The molecule has 13 heavy (non-hydrogen) atoms. The summed E-state index contributed by atoms with van der Waals surface area (Å²) in [5, 5.41) is 3.44. The summed E-state index contributed by atoms with van der Waals surface area (Å²) in [6.07, 6.45) is 5.26. The molecule has 0 aromatic heterocycles. The second kappa shape index (κ2) is 6.39. The van der Waals surface area contributed by atoms with E-state index in [1.54, 1.807) is 0 Å². The zero-order valence-electron chi connectivity index (χ0n) is 9.01. The average Bonchev–Trinajstić information content (AvgIpc) is 2.17. The third-order valence-electron chi connectivity index (χ3n) is 2.82. The summed E-state index contributed by atoms with van der Waals surface area (Å²) >= 11 is 0. The Morgan fingerprint density at radius 1 is 1.54 bits per heavy atom. The molecule has 1 N–H and O–H groups in total. The maximum absolute atomic E-state index is 5.45. The molecule has 2 unspecified atom stereocenters. The van der Waals surface area contributed by atoms with Gasteiger partial charge in [-0.3, -0.25) is 0 Å². The molecule has 0 amide bonds. The summed E-state index contributed by atoms with van der Waals surface area (Å²) in [6.45, 7) is 7.51. The van der Waals surface area contributed by atoms with Crippen molar-refractivity contribution >= 4 is 0 Å². The minimum atomic E-state index is 0.673.